The molecule has 1 unspecified atom stereocenters. The molecule has 0 saturated carbocycles. The van der Waals surface area contributed by atoms with Gasteiger partial charge in [0.05, 0.1) is 17.7 Å². The summed E-state index contributed by atoms with van der Waals surface area (Å²) in [6.07, 6.45) is 0.185. The van der Waals surface area contributed by atoms with E-state index < -0.39 is 34.4 Å². The average molecular weight is 655 g/mol. The number of methoxy groups -OCH3 is 1. The Morgan fingerprint density at radius 2 is 1.57 bits per heavy atom. The normalized spacial score (nSPS) is 11.8. The quantitative estimate of drug-likeness (QED) is 0.206. The van der Waals surface area contributed by atoms with Crippen molar-refractivity contribution in [2.24, 2.45) is 0 Å². The minimum absolute atomic E-state index is 0.0196. The van der Waals surface area contributed by atoms with Gasteiger partial charge in [-0.3, -0.25) is 13.9 Å². The maximum Gasteiger partial charge on any atom is 0.264 e. The van der Waals surface area contributed by atoms with Crippen LogP contribution < -0.4 is 14.4 Å². The van der Waals surface area contributed by atoms with Crippen LogP contribution in [0.25, 0.3) is 0 Å². The van der Waals surface area contributed by atoms with Gasteiger partial charge < -0.3 is 15.0 Å². The maximum atomic E-state index is 14.4. The van der Waals surface area contributed by atoms with Gasteiger partial charge in [0.15, 0.2) is 0 Å². The molecule has 0 aliphatic heterocycles. The summed E-state index contributed by atoms with van der Waals surface area (Å²) in [4.78, 5) is 29.1. The van der Waals surface area contributed by atoms with Crippen LogP contribution >= 0.6 is 23.2 Å². The number of aryl methyl sites for hydroxylation is 1. The fourth-order valence-corrected chi connectivity index (χ4v) is 6.55. The number of amides is 2. The van der Waals surface area contributed by atoms with Crippen LogP contribution in [0, 0.1) is 6.92 Å². The number of carbonyl (C=O) groups is 2. The van der Waals surface area contributed by atoms with Crippen molar-refractivity contribution >= 4 is 50.7 Å². The van der Waals surface area contributed by atoms with Gasteiger partial charge in [-0.15, -0.1) is 0 Å². The third-order valence-corrected chi connectivity index (χ3v) is 9.50. The molecule has 0 radical (unpaired) electrons. The van der Waals surface area contributed by atoms with Crippen molar-refractivity contribution in [3.63, 3.8) is 0 Å². The van der Waals surface area contributed by atoms with Crippen molar-refractivity contribution in [3.8, 4) is 5.75 Å². The smallest absolute Gasteiger partial charge is 0.264 e. The van der Waals surface area contributed by atoms with Gasteiger partial charge in [0.1, 0.15) is 18.3 Å². The zero-order chi connectivity index (χ0) is 31.9. The molecule has 230 valence electrons. The molecule has 0 aromatic heterocycles. The van der Waals surface area contributed by atoms with Crippen molar-refractivity contribution < 1.29 is 22.7 Å². The molecule has 4 aromatic rings. The molecule has 0 spiro atoms. The average Bonchev–Trinajstić information content (AvgIpc) is 3.02. The predicted octanol–water partition coefficient (Wildman–Crippen LogP) is 5.89. The van der Waals surface area contributed by atoms with Crippen LogP contribution in [0.2, 0.25) is 10.0 Å². The minimum atomic E-state index is -4.22. The molecule has 0 saturated heterocycles. The second-order valence-corrected chi connectivity index (χ2v) is 12.8. The van der Waals surface area contributed by atoms with Gasteiger partial charge in [-0.05, 0) is 66.6 Å². The van der Waals surface area contributed by atoms with E-state index in [0.717, 1.165) is 15.4 Å². The summed E-state index contributed by atoms with van der Waals surface area (Å²) in [6, 6.07) is 25.9. The monoisotopic (exact) mass is 653 g/mol. The molecule has 0 aliphatic rings. The SMILES string of the molecule is CNC(=O)C(Cc1ccccc1)N(Cc1ccc(Cl)cc1Cl)C(=O)CN(c1ccc(OC)cc1)S(=O)(=O)c1ccc(C)cc1. The van der Waals surface area contributed by atoms with E-state index in [-0.39, 0.29) is 23.5 Å². The van der Waals surface area contributed by atoms with E-state index in [1.807, 2.05) is 37.3 Å². The molecule has 8 nitrogen and oxygen atoms in total. The highest BCUT2D eigenvalue weighted by atomic mass is 35.5. The molecule has 2 amide bonds. The van der Waals surface area contributed by atoms with E-state index in [4.69, 9.17) is 27.9 Å². The Morgan fingerprint density at radius 1 is 0.909 bits per heavy atom. The van der Waals surface area contributed by atoms with Gasteiger partial charge in [-0.2, -0.15) is 0 Å². The van der Waals surface area contributed by atoms with Crippen LogP contribution in [-0.2, 0) is 32.6 Å². The first kappa shape index (κ1) is 32.9. The van der Waals surface area contributed by atoms with Crippen LogP contribution in [0.3, 0.4) is 0 Å². The first-order valence-corrected chi connectivity index (χ1v) is 16.0. The highest BCUT2D eigenvalue weighted by Gasteiger charge is 2.34. The number of nitrogens with zero attached hydrogens (tertiary/aromatic N) is 2. The number of rotatable bonds is 12. The van der Waals surface area contributed by atoms with Gasteiger partial charge in [-0.1, -0.05) is 77.3 Å². The number of carbonyl (C=O) groups excluding carboxylic acids is 2. The number of hydrogen-bond acceptors (Lipinski definition) is 5. The summed E-state index contributed by atoms with van der Waals surface area (Å²) in [6.45, 7) is 1.20. The van der Waals surface area contributed by atoms with Crippen LogP contribution in [0.5, 0.6) is 5.75 Å². The van der Waals surface area contributed by atoms with Crippen molar-refractivity contribution in [1.29, 1.82) is 0 Å². The van der Waals surface area contributed by atoms with Crippen LogP contribution in [-0.4, -0.2) is 51.9 Å². The van der Waals surface area contributed by atoms with E-state index in [1.54, 1.807) is 54.6 Å². The number of hydrogen-bond donors (Lipinski definition) is 1. The predicted molar refractivity (Wildman–Crippen MR) is 174 cm³/mol. The van der Waals surface area contributed by atoms with Gasteiger partial charge in [0, 0.05) is 30.1 Å². The first-order chi connectivity index (χ1) is 21.0. The van der Waals surface area contributed by atoms with Crippen LogP contribution in [0.15, 0.2) is 102 Å². The summed E-state index contributed by atoms with van der Waals surface area (Å²) < 4.78 is 34.4. The number of halogens is 2. The Bertz CT molecular complexity index is 1700. The number of likely N-dealkylation sites (N-methyl/N-ethyl adjacent to an activating group) is 1. The second-order valence-electron chi connectivity index (χ2n) is 10.1. The molecule has 0 fully saturated rings. The Balaban J connectivity index is 1.80. The Morgan fingerprint density at radius 3 is 2.16 bits per heavy atom. The summed E-state index contributed by atoms with van der Waals surface area (Å²) in [5.74, 6) is -0.494. The van der Waals surface area contributed by atoms with Crippen LogP contribution in [0.1, 0.15) is 16.7 Å². The van der Waals surface area contributed by atoms with E-state index in [9.17, 15) is 18.0 Å². The molecular formula is C33H33Cl2N3O5S. The maximum absolute atomic E-state index is 14.4. The lowest BCUT2D eigenvalue weighted by molar-refractivity contribution is -0.139. The topological polar surface area (TPSA) is 96.0 Å². The second kappa shape index (κ2) is 14.6. The van der Waals surface area contributed by atoms with Gasteiger partial charge in [0.25, 0.3) is 10.0 Å². The summed E-state index contributed by atoms with van der Waals surface area (Å²) in [7, 11) is -1.22. The number of ether oxygens (including phenoxy) is 1. The number of sulfonamides is 1. The first-order valence-electron chi connectivity index (χ1n) is 13.8. The molecule has 11 heteroatoms. The fourth-order valence-electron chi connectivity index (χ4n) is 4.67. The molecule has 0 aliphatic carbocycles. The number of benzene rings is 4. The van der Waals surface area contributed by atoms with Crippen LogP contribution in [0.4, 0.5) is 5.69 Å². The number of anilines is 1. The highest BCUT2D eigenvalue weighted by molar-refractivity contribution is 7.92. The molecule has 0 bridgehead atoms. The van der Waals surface area contributed by atoms with Crippen molar-refractivity contribution in [2.75, 3.05) is 25.0 Å². The zero-order valence-corrected chi connectivity index (χ0v) is 26.9. The van der Waals surface area contributed by atoms with E-state index >= 15 is 0 Å². The third kappa shape index (κ3) is 7.91. The molecule has 0 heterocycles. The molecular weight excluding hydrogens is 621 g/mol. The van der Waals surface area contributed by atoms with Gasteiger partial charge in [0.2, 0.25) is 11.8 Å². The molecule has 44 heavy (non-hydrogen) atoms. The lowest BCUT2D eigenvalue weighted by Gasteiger charge is -2.33. The minimum Gasteiger partial charge on any atom is -0.497 e. The largest absolute Gasteiger partial charge is 0.497 e. The summed E-state index contributed by atoms with van der Waals surface area (Å²) in [5.41, 5.74) is 2.50. The summed E-state index contributed by atoms with van der Waals surface area (Å²) >= 11 is 12.6. The van der Waals surface area contributed by atoms with Crippen molar-refractivity contribution in [2.45, 2.75) is 30.8 Å². The molecule has 1 N–H and O–H groups in total. The Kier molecular flexibility index (Phi) is 10.9. The zero-order valence-electron chi connectivity index (χ0n) is 24.5. The van der Waals surface area contributed by atoms with Gasteiger partial charge >= 0.3 is 0 Å². The highest BCUT2D eigenvalue weighted by Crippen LogP contribution is 2.28. The van der Waals surface area contributed by atoms with Gasteiger partial charge in [-0.25, -0.2) is 8.42 Å². The lowest BCUT2D eigenvalue weighted by Crippen LogP contribution is -2.53. The number of nitrogens with one attached hydrogen (secondary N) is 1. The Hall–Kier alpha value is -4.05. The Labute approximate surface area is 268 Å². The summed E-state index contributed by atoms with van der Waals surface area (Å²) in [5, 5.41) is 3.38. The van der Waals surface area contributed by atoms with Crippen molar-refractivity contribution in [1.82, 2.24) is 10.2 Å². The van der Waals surface area contributed by atoms with Crippen molar-refractivity contribution in [3.05, 3.63) is 124 Å². The van der Waals surface area contributed by atoms with E-state index in [0.29, 0.717) is 21.4 Å². The lowest BCUT2D eigenvalue weighted by atomic mass is 10.0. The third-order valence-electron chi connectivity index (χ3n) is 7.12. The molecule has 4 aromatic carbocycles. The van der Waals surface area contributed by atoms with E-state index in [1.165, 1.54) is 31.2 Å². The fraction of sp³-hybridized carbons (Fsp3) is 0.212. The molecule has 4 rings (SSSR count). The molecule has 1 atom stereocenters. The standard InChI is InChI=1S/C33H33Cl2N3O5S/c1-23-9-17-29(18-10-23)44(41,42)38(27-13-15-28(43-3)16-14-27)22-32(39)37(21-25-11-12-26(34)20-30(25)35)31(33(40)36-2)19-24-7-5-4-6-8-24/h4-18,20,31H,19,21-22H2,1-3H3,(H,36,40). The van der Waals surface area contributed by atoms with E-state index in [2.05, 4.69) is 5.32 Å².